The van der Waals surface area contributed by atoms with Crippen LogP contribution in [0.4, 0.5) is 0 Å². The van der Waals surface area contributed by atoms with Crippen molar-refractivity contribution in [3.63, 3.8) is 0 Å². The molecule has 1 unspecified atom stereocenters. The molecule has 0 aliphatic carbocycles. The van der Waals surface area contributed by atoms with Gasteiger partial charge in [0.2, 0.25) is 5.91 Å². The number of amidine groups is 1. The van der Waals surface area contributed by atoms with Crippen molar-refractivity contribution < 1.29 is 15.1 Å². The van der Waals surface area contributed by atoms with Crippen molar-refractivity contribution in [2.45, 2.75) is 33.1 Å². The van der Waals surface area contributed by atoms with E-state index in [0.717, 1.165) is 6.42 Å². The third-order valence-corrected chi connectivity index (χ3v) is 2.63. The van der Waals surface area contributed by atoms with Crippen LogP contribution in [0.5, 0.6) is 0 Å². The Hall–Kier alpha value is -1.30. The van der Waals surface area contributed by atoms with E-state index in [2.05, 4.69) is 5.16 Å². The second-order valence-electron chi connectivity index (χ2n) is 3.86. The summed E-state index contributed by atoms with van der Waals surface area (Å²) in [5.74, 6) is -0.749. The largest absolute Gasteiger partial charge is 0.409 e. The summed E-state index contributed by atoms with van der Waals surface area (Å²) in [4.78, 5) is 13.8. The number of rotatable bonds is 8. The number of carbonyl (C=O) groups excluding carboxylic acids is 1. The maximum Gasteiger partial charge on any atom is 0.233 e. The van der Waals surface area contributed by atoms with Gasteiger partial charge < -0.3 is 20.9 Å². The second-order valence-corrected chi connectivity index (χ2v) is 3.86. The van der Waals surface area contributed by atoms with Gasteiger partial charge in [-0.25, -0.2) is 0 Å². The van der Waals surface area contributed by atoms with Gasteiger partial charge in [0.05, 0.1) is 5.92 Å². The van der Waals surface area contributed by atoms with Gasteiger partial charge in [0.1, 0.15) is 0 Å². The van der Waals surface area contributed by atoms with Crippen LogP contribution >= 0.6 is 0 Å². The molecule has 17 heavy (non-hydrogen) atoms. The smallest absolute Gasteiger partial charge is 0.233 e. The first-order chi connectivity index (χ1) is 8.12. The summed E-state index contributed by atoms with van der Waals surface area (Å²) in [6, 6.07) is 0. The van der Waals surface area contributed by atoms with E-state index >= 15 is 0 Å². The Morgan fingerprint density at radius 1 is 1.47 bits per heavy atom. The van der Waals surface area contributed by atoms with Gasteiger partial charge in [-0.3, -0.25) is 4.79 Å². The van der Waals surface area contributed by atoms with Gasteiger partial charge in [-0.05, 0) is 19.8 Å². The summed E-state index contributed by atoms with van der Waals surface area (Å²) < 4.78 is 0. The van der Waals surface area contributed by atoms with Crippen molar-refractivity contribution >= 4 is 11.7 Å². The molecule has 0 saturated carbocycles. The summed E-state index contributed by atoms with van der Waals surface area (Å²) in [5.41, 5.74) is 5.53. The highest BCUT2D eigenvalue weighted by Gasteiger charge is 2.26. The van der Waals surface area contributed by atoms with Crippen LogP contribution in [-0.2, 0) is 4.79 Å². The molecule has 0 spiro atoms. The van der Waals surface area contributed by atoms with Gasteiger partial charge in [0.15, 0.2) is 5.84 Å². The lowest BCUT2D eigenvalue weighted by Crippen LogP contribution is -2.42. The Morgan fingerprint density at radius 2 is 2.12 bits per heavy atom. The molecular formula is C11H23N3O3. The summed E-state index contributed by atoms with van der Waals surface area (Å²) in [5, 5.41) is 20.3. The van der Waals surface area contributed by atoms with Crippen LogP contribution in [0.3, 0.4) is 0 Å². The summed E-state index contributed by atoms with van der Waals surface area (Å²) in [6.45, 7) is 4.90. The molecule has 0 bridgehead atoms. The first kappa shape index (κ1) is 15.7. The Morgan fingerprint density at radius 3 is 2.53 bits per heavy atom. The van der Waals surface area contributed by atoms with Gasteiger partial charge in [0, 0.05) is 19.7 Å². The van der Waals surface area contributed by atoms with Crippen molar-refractivity contribution in [2.24, 2.45) is 16.8 Å². The van der Waals surface area contributed by atoms with E-state index in [1.807, 2.05) is 13.8 Å². The van der Waals surface area contributed by atoms with E-state index in [-0.39, 0.29) is 18.3 Å². The number of nitrogens with two attached hydrogens (primary N) is 1. The summed E-state index contributed by atoms with van der Waals surface area (Å²) >= 11 is 0. The molecular weight excluding hydrogens is 222 g/mol. The Kier molecular flexibility index (Phi) is 8.13. The molecule has 100 valence electrons. The highest BCUT2D eigenvalue weighted by Crippen LogP contribution is 2.11. The molecule has 0 aromatic heterocycles. The molecule has 0 aliphatic heterocycles. The zero-order valence-electron chi connectivity index (χ0n) is 10.6. The molecule has 6 heteroatoms. The minimum atomic E-state index is -0.566. The lowest BCUT2D eigenvalue weighted by Gasteiger charge is -2.25. The highest BCUT2D eigenvalue weighted by molar-refractivity contribution is 6.02. The van der Waals surface area contributed by atoms with E-state index in [9.17, 15) is 4.79 Å². The lowest BCUT2D eigenvalue weighted by molar-refractivity contribution is -0.133. The quantitative estimate of drug-likeness (QED) is 0.249. The number of amides is 1. The van der Waals surface area contributed by atoms with Crippen LogP contribution in [0.2, 0.25) is 0 Å². The van der Waals surface area contributed by atoms with Crippen molar-refractivity contribution in [2.75, 3.05) is 19.7 Å². The fourth-order valence-corrected chi connectivity index (χ4v) is 1.66. The number of carbonyl (C=O) groups is 1. The number of aliphatic hydroxyl groups excluding tert-OH is 1. The third-order valence-electron chi connectivity index (χ3n) is 2.63. The number of oxime groups is 1. The molecule has 0 heterocycles. The minimum Gasteiger partial charge on any atom is -0.409 e. The first-order valence-electron chi connectivity index (χ1n) is 5.99. The van der Waals surface area contributed by atoms with Crippen molar-refractivity contribution in [1.29, 1.82) is 0 Å². The fourth-order valence-electron chi connectivity index (χ4n) is 1.66. The maximum atomic E-state index is 12.1. The van der Waals surface area contributed by atoms with Gasteiger partial charge in [0.25, 0.3) is 0 Å². The van der Waals surface area contributed by atoms with Crippen molar-refractivity contribution in [3.8, 4) is 0 Å². The Labute approximate surface area is 102 Å². The second kappa shape index (κ2) is 8.81. The molecule has 6 nitrogen and oxygen atoms in total. The zero-order valence-corrected chi connectivity index (χ0v) is 10.6. The molecule has 0 aromatic carbocycles. The number of hydrogen-bond acceptors (Lipinski definition) is 4. The van der Waals surface area contributed by atoms with Gasteiger partial charge in [-0.1, -0.05) is 18.5 Å². The molecule has 0 radical (unpaired) electrons. The highest BCUT2D eigenvalue weighted by atomic mass is 16.4. The topological polar surface area (TPSA) is 99.2 Å². The van der Waals surface area contributed by atoms with Crippen molar-refractivity contribution in [3.05, 3.63) is 0 Å². The van der Waals surface area contributed by atoms with E-state index in [4.69, 9.17) is 16.0 Å². The number of hydrogen-bond donors (Lipinski definition) is 3. The Balaban J connectivity index is 4.66. The normalized spacial score (nSPS) is 13.5. The molecule has 0 rings (SSSR count). The summed E-state index contributed by atoms with van der Waals surface area (Å²) in [7, 11) is 0. The van der Waals surface area contributed by atoms with Gasteiger partial charge in [-0.15, -0.1) is 0 Å². The number of aliphatic hydroxyl groups is 1. The SMILES string of the molecule is CCCC(C(=O)N(CC)CCCO)C(N)=NO. The molecule has 0 saturated heterocycles. The van der Waals surface area contributed by atoms with Crippen LogP contribution in [0.1, 0.15) is 33.1 Å². The molecule has 0 aromatic rings. The van der Waals surface area contributed by atoms with Crippen LogP contribution in [0.15, 0.2) is 5.16 Å². The molecule has 0 fully saturated rings. The molecule has 1 amide bonds. The van der Waals surface area contributed by atoms with Crippen LogP contribution in [-0.4, -0.2) is 46.7 Å². The molecule has 4 N–H and O–H groups in total. The Bertz CT molecular complexity index is 256. The van der Waals surface area contributed by atoms with E-state index in [1.54, 1.807) is 4.90 Å². The van der Waals surface area contributed by atoms with E-state index in [0.29, 0.717) is 25.9 Å². The molecule has 1 atom stereocenters. The summed E-state index contributed by atoms with van der Waals surface area (Å²) in [6.07, 6.45) is 1.88. The van der Waals surface area contributed by atoms with E-state index in [1.165, 1.54) is 0 Å². The van der Waals surface area contributed by atoms with Crippen molar-refractivity contribution in [1.82, 2.24) is 4.90 Å². The van der Waals surface area contributed by atoms with E-state index < -0.39 is 5.92 Å². The predicted octanol–water partition coefficient (Wildman–Crippen LogP) is 0.380. The van der Waals surface area contributed by atoms with Gasteiger partial charge in [-0.2, -0.15) is 0 Å². The first-order valence-corrected chi connectivity index (χ1v) is 5.99. The average Bonchev–Trinajstić information content (AvgIpc) is 2.35. The standard InChI is InChI=1S/C11H23N3O3/c1-3-6-9(10(12)13-17)11(16)14(4-2)7-5-8-15/h9,15,17H,3-8H2,1-2H3,(H2,12,13). The minimum absolute atomic E-state index is 0.0423. The lowest BCUT2D eigenvalue weighted by atomic mass is 10.0. The monoisotopic (exact) mass is 245 g/mol. The third kappa shape index (κ3) is 5.04. The number of nitrogens with zero attached hydrogens (tertiary/aromatic N) is 2. The van der Waals surface area contributed by atoms with Crippen LogP contribution in [0, 0.1) is 5.92 Å². The van der Waals surface area contributed by atoms with Crippen LogP contribution < -0.4 is 5.73 Å². The molecule has 0 aliphatic rings. The maximum absolute atomic E-state index is 12.1. The average molecular weight is 245 g/mol. The van der Waals surface area contributed by atoms with Crippen LogP contribution in [0.25, 0.3) is 0 Å². The fraction of sp³-hybridized carbons (Fsp3) is 0.818. The predicted molar refractivity (Wildman–Crippen MR) is 65.8 cm³/mol. The van der Waals surface area contributed by atoms with Gasteiger partial charge >= 0.3 is 0 Å². The zero-order chi connectivity index (χ0) is 13.3.